The Morgan fingerprint density at radius 1 is 0.919 bits per heavy atom. The fourth-order valence-electron chi connectivity index (χ4n) is 4.71. The highest BCUT2D eigenvalue weighted by atomic mass is 32.2. The molecule has 0 atom stereocenters. The van der Waals surface area contributed by atoms with E-state index in [-0.39, 0.29) is 11.8 Å². The molecule has 0 aliphatic carbocycles. The van der Waals surface area contributed by atoms with E-state index in [1.165, 1.54) is 12.8 Å². The van der Waals surface area contributed by atoms with Crippen molar-refractivity contribution in [2.24, 2.45) is 0 Å². The largest absolute Gasteiger partial charge is 0.353 e. The van der Waals surface area contributed by atoms with E-state index in [1.807, 2.05) is 18.2 Å². The van der Waals surface area contributed by atoms with Crippen molar-refractivity contribution in [2.45, 2.75) is 12.8 Å². The number of fused-ring (bicyclic) bond motifs is 2. The summed E-state index contributed by atoms with van der Waals surface area (Å²) >= 11 is 0. The van der Waals surface area contributed by atoms with Gasteiger partial charge in [-0.25, -0.2) is 8.42 Å². The highest BCUT2D eigenvalue weighted by Crippen LogP contribution is 2.37. The van der Waals surface area contributed by atoms with Gasteiger partial charge in [0.1, 0.15) is 0 Å². The van der Waals surface area contributed by atoms with Gasteiger partial charge in [-0.15, -0.1) is 0 Å². The average molecular weight is 520 g/mol. The molecule has 0 bridgehead atoms. The number of rotatable bonds is 7. The van der Waals surface area contributed by atoms with Gasteiger partial charge in [0.25, 0.3) is 11.8 Å². The molecule has 5 rings (SSSR count). The predicted molar refractivity (Wildman–Crippen MR) is 146 cm³/mol. The molecule has 4 N–H and O–H groups in total. The molecule has 0 saturated carbocycles. The van der Waals surface area contributed by atoms with Gasteiger partial charge in [-0.1, -0.05) is 24.3 Å². The number of para-hydroxylation sites is 1. The van der Waals surface area contributed by atoms with E-state index in [0.29, 0.717) is 46.0 Å². The van der Waals surface area contributed by atoms with Crippen molar-refractivity contribution in [3.05, 3.63) is 71.8 Å². The zero-order valence-electron chi connectivity index (χ0n) is 20.5. The number of hydrogen-bond acceptors (Lipinski definition) is 6. The van der Waals surface area contributed by atoms with Gasteiger partial charge in [0, 0.05) is 24.2 Å². The molecule has 0 spiro atoms. The van der Waals surface area contributed by atoms with Gasteiger partial charge in [-0.2, -0.15) is 0 Å². The summed E-state index contributed by atoms with van der Waals surface area (Å²) in [4.78, 5) is 28.1. The Morgan fingerprint density at radius 2 is 1.70 bits per heavy atom. The number of benzene rings is 3. The van der Waals surface area contributed by atoms with Crippen LogP contribution in [0.2, 0.25) is 0 Å². The first-order valence-corrected chi connectivity index (χ1v) is 14.1. The molecule has 0 unspecified atom stereocenters. The van der Waals surface area contributed by atoms with Crippen molar-refractivity contribution >= 4 is 44.6 Å². The molecule has 2 aliphatic heterocycles. The number of amides is 2. The van der Waals surface area contributed by atoms with Gasteiger partial charge in [0.15, 0.2) is 0 Å². The molecule has 3 aromatic carbocycles. The molecule has 9 nitrogen and oxygen atoms in total. The first-order chi connectivity index (χ1) is 17.8. The van der Waals surface area contributed by atoms with Crippen molar-refractivity contribution in [2.75, 3.05) is 47.8 Å². The molecule has 0 radical (unpaired) electrons. The quantitative estimate of drug-likeness (QED) is 0.376. The second-order valence-electron chi connectivity index (χ2n) is 9.32. The lowest BCUT2D eigenvalue weighted by molar-refractivity contribution is 0.0948. The maximum atomic E-state index is 13.0. The maximum Gasteiger partial charge on any atom is 0.257 e. The van der Waals surface area contributed by atoms with Crippen LogP contribution in [0.4, 0.5) is 22.7 Å². The molecule has 3 aromatic rings. The first kappa shape index (κ1) is 24.8. The van der Waals surface area contributed by atoms with Gasteiger partial charge in [-0.05, 0) is 67.9 Å². The molecular weight excluding hydrogens is 490 g/mol. The zero-order valence-corrected chi connectivity index (χ0v) is 21.3. The molecule has 2 amide bonds. The minimum atomic E-state index is -3.47. The van der Waals surface area contributed by atoms with Crippen LogP contribution in [0.1, 0.15) is 33.6 Å². The number of nitrogens with zero attached hydrogens (tertiary/aromatic N) is 1. The third-order valence-electron chi connectivity index (χ3n) is 6.51. The summed E-state index contributed by atoms with van der Waals surface area (Å²) in [6.45, 7) is 3.56. The van der Waals surface area contributed by atoms with E-state index in [0.717, 1.165) is 31.5 Å². The van der Waals surface area contributed by atoms with E-state index in [1.54, 1.807) is 42.5 Å². The average Bonchev–Trinajstić information content (AvgIpc) is 3.33. The van der Waals surface area contributed by atoms with Crippen LogP contribution in [-0.2, 0) is 10.0 Å². The summed E-state index contributed by atoms with van der Waals surface area (Å²) < 4.78 is 26.2. The molecular formula is C27H29N5O4S. The van der Waals surface area contributed by atoms with E-state index in [9.17, 15) is 18.0 Å². The Bertz CT molecular complexity index is 1470. The minimum absolute atomic E-state index is 0.185. The lowest BCUT2D eigenvalue weighted by Crippen LogP contribution is -2.33. The predicted octanol–water partition coefficient (Wildman–Crippen LogP) is 3.86. The number of sulfonamides is 1. The number of nitrogens with one attached hydrogen (secondary N) is 4. The van der Waals surface area contributed by atoms with Crippen LogP contribution in [0.5, 0.6) is 0 Å². The highest BCUT2D eigenvalue weighted by molar-refractivity contribution is 7.92. The second-order valence-corrected chi connectivity index (χ2v) is 11.1. The van der Waals surface area contributed by atoms with Gasteiger partial charge >= 0.3 is 0 Å². The van der Waals surface area contributed by atoms with Crippen molar-refractivity contribution in [3.8, 4) is 11.1 Å². The lowest BCUT2D eigenvalue weighted by Gasteiger charge is -2.15. The summed E-state index contributed by atoms with van der Waals surface area (Å²) in [6.07, 6.45) is 3.52. The minimum Gasteiger partial charge on any atom is -0.353 e. The number of likely N-dealkylation sites (tertiary alicyclic amines) is 1. The van der Waals surface area contributed by atoms with Crippen LogP contribution in [0.25, 0.3) is 11.1 Å². The number of anilines is 4. The number of hydrogen-bond donors (Lipinski definition) is 4. The Balaban J connectivity index is 1.37. The van der Waals surface area contributed by atoms with Crippen LogP contribution in [0, 0.1) is 0 Å². The molecule has 2 heterocycles. The molecule has 37 heavy (non-hydrogen) atoms. The maximum absolute atomic E-state index is 13.0. The van der Waals surface area contributed by atoms with E-state index in [4.69, 9.17) is 0 Å². The Hall–Kier alpha value is -3.89. The van der Waals surface area contributed by atoms with Crippen LogP contribution in [0.3, 0.4) is 0 Å². The van der Waals surface area contributed by atoms with E-state index >= 15 is 0 Å². The Morgan fingerprint density at radius 3 is 2.49 bits per heavy atom. The van der Waals surface area contributed by atoms with Crippen molar-refractivity contribution in [3.63, 3.8) is 0 Å². The Labute approximate surface area is 216 Å². The second kappa shape index (κ2) is 10.2. The van der Waals surface area contributed by atoms with Crippen LogP contribution in [-0.4, -0.2) is 57.6 Å². The van der Waals surface area contributed by atoms with Crippen LogP contribution < -0.4 is 20.7 Å². The SMILES string of the molecule is CS(=O)(=O)Nc1ccccc1-c1ccc2c(c1)Nc1ccc(C(=O)NCCN3CCCC3)cc1NC2=O. The van der Waals surface area contributed by atoms with Gasteiger partial charge < -0.3 is 20.9 Å². The number of carbonyl (C=O) groups excluding carboxylic acids is 2. The van der Waals surface area contributed by atoms with Crippen molar-refractivity contribution in [1.29, 1.82) is 0 Å². The van der Waals surface area contributed by atoms with Gasteiger partial charge in [-0.3, -0.25) is 14.3 Å². The third kappa shape index (κ3) is 5.76. The molecule has 2 aliphatic rings. The van der Waals surface area contributed by atoms with Gasteiger partial charge in [0.05, 0.1) is 34.6 Å². The van der Waals surface area contributed by atoms with E-state index < -0.39 is 10.0 Å². The summed E-state index contributed by atoms with van der Waals surface area (Å²) in [5.74, 6) is -0.489. The van der Waals surface area contributed by atoms with E-state index in [2.05, 4.69) is 25.6 Å². The zero-order chi connectivity index (χ0) is 26.0. The Kier molecular flexibility index (Phi) is 6.86. The van der Waals surface area contributed by atoms with Crippen molar-refractivity contribution in [1.82, 2.24) is 10.2 Å². The molecule has 10 heteroatoms. The number of carbonyl (C=O) groups is 2. The monoisotopic (exact) mass is 519 g/mol. The molecule has 192 valence electrons. The van der Waals surface area contributed by atoms with Crippen molar-refractivity contribution < 1.29 is 18.0 Å². The lowest BCUT2D eigenvalue weighted by atomic mass is 10.0. The summed E-state index contributed by atoms with van der Waals surface area (Å²) in [5, 5.41) is 9.15. The summed E-state index contributed by atoms with van der Waals surface area (Å²) in [7, 11) is -3.47. The molecule has 0 aromatic heterocycles. The molecule has 1 fully saturated rings. The highest BCUT2D eigenvalue weighted by Gasteiger charge is 2.22. The normalized spacial score (nSPS) is 15.1. The standard InChI is InChI=1S/C27H29N5O4S/c1-37(35,36)31-22-7-3-2-6-20(22)18-8-10-21-24(16-18)29-23-11-9-19(17-25(23)30-27(21)34)26(33)28-12-15-32-13-4-5-14-32/h2-3,6-11,16-17,29,31H,4-5,12-15H2,1H3,(H,28,33)(H,30,34). The van der Waals surface area contributed by atoms with Crippen LogP contribution in [0.15, 0.2) is 60.7 Å². The van der Waals surface area contributed by atoms with Crippen LogP contribution >= 0.6 is 0 Å². The van der Waals surface area contributed by atoms with Gasteiger partial charge in [0.2, 0.25) is 10.0 Å². The summed E-state index contributed by atoms with van der Waals surface area (Å²) in [6, 6.07) is 17.5. The third-order valence-corrected chi connectivity index (χ3v) is 7.10. The fraction of sp³-hybridized carbons (Fsp3) is 0.259. The smallest absolute Gasteiger partial charge is 0.257 e. The molecule has 1 saturated heterocycles. The fourth-order valence-corrected chi connectivity index (χ4v) is 5.28. The first-order valence-electron chi connectivity index (χ1n) is 12.2. The topological polar surface area (TPSA) is 120 Å². The summed E-state index contributed by atoms with van der Waals surface area (Å²) in [5.41, 5.74) is 4.51.